The summed E-state index contributed by atoms with van der Waals surface area (Å²) in [6.45, 7) is 6.11. The summed E-state index contributed by atoms with van der Waals surface area (Å²) in [4.78, 5) is 23.4. The second kappa shape index (κ2) is 12.8. The highest BCUT2D eigenvalue weighted by atomic mass is 19.1. The number of nitriles is 2. The summed E-state index contributed by atoms with van der Waals surface area (Å²) in [5, 5.41) is 20.1. The number of aryl methyl sites for hydroxylation is 1. The fourth-order valence-electron chi connectivity index (χ4n) is 7.51. The fraction of sp³-hybridized carbons (Fsp3) is 0.486. The van der Waals surface area contributed by atoms with Crippen LogP contribution in [0, 0.1) is 28.6 Å². The molecule has 228 valence electrons. The zero-order valence-electron chi connectivity index (χ0n) is 25.3. The molecule has 9 heteroatoms. The van der Waals surface area contributed by atoms with E-state index < -0.39 is 12.0 Å². The number of hydrogen-bond donors (Lipinski definition) is 0. The molecule has 5 aliphatic rings. The summed E-state index contributed by atoms with van der Waals surface area (Å²) in [5.41, 5.74) is 4.90. The molecule has 4 atom stereocenters. The van der Waals surface area contributed by atoms with Crippen LogP contribution in [-0.2, 0) is 22.4 Å². The molecule has 1 amide bonds. The van der Waals surface area contributed by atoms with E-state index in [9.17, 15) is 15.3 Å². The van der Waals surface area contributed by atoms with Crippen LogP contribution in [0.1, 0.15) is 48.8 Å². The molecule has 2 unspecified atom stereocenters. The Bertz CT molecular complexity index is 1540. The van der Waals surface area contributed by atoms with E-state index in [2.05, 4.69) is 36.7 Å². The molecule has 6 rings (SSSR count). The number of fused-ring (bicyclic) bond motifs is 2. The molecular weight excluding hydrogens is 555 g/mol. The van der Waals surface area contributed by atoms with E-state index in [0.717, 1.165) is 50.6 Å². The number of hydrogen-bond acceptors (Lipinski definition) is 7. The normalized spacial score (nSPS) is 26.9. The molecular formula is C35H39FN6O2. The first-order valence-electron chi connectivity index (χ1n) is 15.7. The third-order valence-corrected chi connectivity index (χ3v) is 9.86. The summed E-state index contributed by atoms with van der Waals surface area (Å²) >= 11 is 0. The first-order valence-corrected chi connectivity index (χ1v) is 15.7. The van der Waals surface area contributed by atoms with E-state index in [4.69, 9.17) is 9.73 Å². The average Bonchev–Trinajstić information content (AvgIpc) is 3.47. The minimum Gasteiger partial charge on any atom is -0.475 e. The van der Waals surface area contributed by atoms with E-state index in [1.54, 1.807) is 4.90 Å². The van der Waals surface area contributed by atoms with Gasteiger partial charge in [0.1, 0.15) is 30.1 Å². The highest BCUT2D eigenvalue weighted by Gasteiger charge is 2.43. The Morgan fingerprint density at radius 3 is 2.77 bits per heavy atom. The molecule has 0 N–H and O–H groups in total. The van der Waals surface area contributed by atoms with Gasteiger partial charge in [0.05, 0.1) is 18.5 Å². The second-order valence-electron chi connectivity index (χ2n) is 12.3. The maximum atomic E-state index is 16.8. The topological polar surface area (TPSA) is 96.0 Å². The van der Waals surface area contributed by atoms with E-state index >= 15 is 4.39 Å². The zero-order chi connectivity index (χ0) is 30.8. The highest BCUT2D eigenvalue weighted by molar-refractivity contribution is 6.00. The minimum atomic E-state index is -0.875. The Kier molecular flexibility index (Phi) is 8.68. The monoisotopic (exact) mass is 594 g/mol. The van der Waals surface area contributed by atoms with Crippen molar-refractivity contribution < 1.29 is 13.9 Å². The Balaban J connectivity index is 1.40. The van der Waals surface area contributed by atoms with E-state index in [1.165, 1.54) is 17.2 Å². The average molecular weight is 595 g/mol. The van der Waals surface area contributed by atoms with Gasteiger partial charge in [0.2, 0.25) is 11.8 Å². The molecule has 1 aromatic rings. The van der Waals surface area contributed by atoms with Crippen LogP contribution in [0.15, 0.2) is 65.1 Å². The van der Waals surface area contributed by atoms with Gasteiger partial charge in [0, 0.05) is 42.9 Å². The van der Waals surface area contributed by atoms with Crippen molar-refractivity contribution in [3.8, 4) is 12.1 Å². The van der Waals surface area contributed by atoms with Crippen LogP contribution in [0.2, 0.25) is 0 Å². The van der Waals surface area contributed by atoms with Gasteiger partial charge in [-0.15, -0.1) is 0 Å². The minimum absolute atomic E-state index is 0.137. The van der Waals surface area contributed by atoms with Crippen molar-refractivity contribution in [2.75, 3.05) is 39.8 Å². The van der Waals surface area contributed by atoms with Crippen LogP contribution in [0.3, 0.4) is 0 Å². The smallest absolute Gasteiger partial charge is 0.246 e. The Morgan fingerprint density at radius 2 is 2.02 bits per heavy atom. The lowest BCUT2D eigenvalue weighted by molar-refractivity contribution is -0.130. The van der Waals surface area contributed by atoms with E-state index in [-0.39, 0.29) is 36.1 Å². The number of amides is 1. The number of ether oxygens (including phenoxy) is 1. The maximum absolute atomic E-state index is 16.8. The largest absolute Gasteiger partial charge is 0.475 e. The van der Waals surface area contributed by atoms with Crippen LogP contribution in [-0.4, -0.2) is 84.5 Å². The number of rotatable bonds is 6. The molecule has 0 aromatic heterocycles. The second-order valence-corrected chi connectivity index (χ2v) is 12.3. The number of aliphatic imine (C=N–C) groups is 1. The third-order valence-electron chi connectivity index (χ3n) is 9.86. The van der Waals surface area contributed by atoms with Gasteiger partial charge >= 0.3 is 0 Å². The molecule has 2 saturated heterocycles. The van der Waals surface area contributed by atoms with Crippen LogP contribution >= 0.6 is 0 Å². The number of nitrogens with zero attached hydrogens (tertiary/aromatic N) is 6. The van der Waals surface area contributed by atoms with Crippen molar-refractivity contribution in [2.45, 2.75) is 63.1 Å². The predicted molar refractivity (Wildman–Crippen MR) is 167 cm³/mol. The van der Waals surface area contributed by atoms with Gasteiger partial charge in [-0.3, -0.25) is 4.79 Å². The van der Waals surface area contributed by atoms with Gasteiger partial charge in [-0.05, 0) is 74.9 Å². The first kappa shape index (κ1) is 29.8. The summed E-state index contributed by atoms with van der Waals surface area (Å²) < 4.78 is 23.1. The number of allylic oxidation sites excluding steroid dienone is 2. The van der Waals surface area contributed by atoms with Crippen molar-refractivity contribution in [1.82, 2.24) is 14.7 Å². The number of likely N-dealkylation sites (N-methyl/N-ethyl adjacent to an activating group) is 1. The lowest BCUT2D eigenvalue weighted by Gasteiger charge is -2.45. The molecule has 0 spiro atoms. The number of likely N-dealkylation sites (tertiary alicyclic amines) is 1. The Labute approximate surface area is 259 Å². The van der Waals surface area contributed by atoms with Gasteiger partial charge in [-0.25, -0.2) is 9.38 Å². The van der Waals surface area contributed by atoms with Crippen LogP contribution in [0.25, 0.3) is 5.57 Å². The number of carbonyl (C=O) groups excluding carboxylic acids is 1. The molecule has 0 saturated carbocycles. The van der Waals surface area contributed by atoms with Gasteiger partial charge in [-0.2, -0.15) is 10.5 Å². The van der Waals surface area contributed by atoms with Crippen molar-refractivity contribution in [3.05, 3.63) is 76.8 Å². The molecule has 1 aromatic carbocycles. The summed E-state index contributed by atoms with van der Waals surface area (Å²) in [7, 11) is 2.06. The molecule has 0 radical (unpaired) electrons. The fourth-order valence-corrected chi connectivity index (χ4v) is 7.51. The number of carbonyl (C=O) groups is 1. The Morgan fingerprint density at radius 1 is 1.18 bits per heavy atom. The van der Waals surface area contributed by atoms with Crippen LogP contribution in [0.5, 0.6) is 0 Å². The number of halogens is 1. The van der Waals surface area contributed by atoms with E-state index in [1.807, 2.05) is 29.2 Å². The molecule has 2 aliphatic carbocycles. The van der Waals surface area contributed by atoms with Crippen molar-refractivity contribution in [3.63, 3.8) is 0 Å². The lowest BCUT2D eigenvalue weighted by atomic mass is 9.79. The van der Waals surface area contributed by atoms with Gasteiger partial charge in [-0.1, -0.05) is 36.9 Å². The highest BCUT2D eigenvalue weighted by Crippen LogP contribution is 2.43. The van der Waals surface area contributed by atoms with Crippen molar-refractivity contribution >= 4 is 17.4 Å². The Hall–Kier alpha value is -4.21. The standard InChI is InChI=1S/C35H39FN6O2/c1-3-31(43)42-19-18-41(21-24(42)15-16-37)34-29-14-13-28(27-12-6-9-23-8-4-5-11-26(23)27)32(36)33(29)39-35(30(34)20-38)44-22-25-10-7-17-40(25)2/h3,6,9,12-14,24-25,29,33H,1,4-5,7-8,10-11,15,17-19,21-22H2,2H3/t24-,25-,29?,33?/m0/s1. The van der Waals surface area contributed by atoms with Crippen LogP contribution in [0.4, 0.5) is 4.39 Å². The molecule has 2 fully saturated rings. The van der Waals surface area contributed by atoms with Crippen molar-refractivity contribution in [2.24, 2.45) is 10.9 Å². The molecule has 0 bridgehead atoms. The summed E-state index contributed by atoms with van der Waals surface area (Å²) in [6.07, 6.45) is 11.5. The number of benzene rings is 1. The summed E-state index contributed by atoms with van der Waals surface area (Å²) in [5.74, 6) is -0.891. The molecule has 8 nitrogen and oxygen atoms in total. The third kappa shape index (κ3) is 5.46. The SMILES string of the molecule is C=CC(=O)N1CCN(C2=C(C#N)C(OC[C@@H]3CCCN3C)=NC3C(F)=C(c4cccc5c4CCCC5)C=CC23)C[C@@H]1CC#N. The molecule has 3 heterocycles. The predicted octanol–water partition coefficient (Wildman–Crippen LogP) is 4.71. The van der Waals surface area contributed by atoms with E-state index in [0.29, 0.717) is 43.1 Å². The zero-order valence-corrected chi connectivity index (χ0v) is 25.3. The number of dihydropyridines is 1. The quantitative estimate of drug-likeness (QED) is 0.443. The molecule has 44 heavy (non-hydrogen) atoms. The van der Waals surface area contributed by atoms with Gasteiger partial charge in [0.25, 0.3) is 0 Å². The van der Waals surface area contributed by atoms with Crippen molar-refractivity contribution in [1.29, 1.82) is 10.5 Å². The summed E-state index contributed by atoms with van der Waals surface area (Å²) in [6, 6.07) is 9.64. The first-order chi connectivity index (χ1) is 21.4. The van der Waals surface area contributed by atoms with Gasteiger partial charge < -0.3 is 19.4 Å². The lowest BCUT2D eigenvalue weighted by Crippen LogP contribution is -2.56. The number of piperazine rings is 1. The maximum Gasteiger partial charge on any atom is 0.246 e. The van der Waals surface area contributed by atoms with Crippen LogP contribution < -0.4 is 0 Å². The molecule has 3 aliphatic heterocycles. The van der Waals surface area contributed by atoms with Gasteiger partial charge in [0.15, 0.2) is 0 Å².